The van der Waals surface area contributed by atoms with Crippen LogP contribution in [0, 0.1) is 5.82 Å². The van der Waals surface area contributed by atoms with Gasteiger partial charge in [0.2, 0.25) is 0 Å². The maximum absolute atomic E-state index is 13.6. The molecule has 1 aliphatic rings. The van der Waals surface area contributed by atoms with Gasteiger partial charge < -0.3 is 30.5 Å². The Morgan fingerprint density at radius 3 is 2.29 bits per heavy atom. The van der Waals surface area contributed by atoms with Gasteiger partial charge in [0.25, 0.3) is 11.8 Å². The summed E-state index contributed by atoms with van der Waals surface area (Å²) in [6.45, 7) is 1.49. The van der Waals surface area contributed by atoms with Crippen LogP contribution in [-0.2, 0) is 12.7 Å². The molecule has 0 unspecified atom stereocenters. The molecule has 1 heterocycles. The number of hydrogen-bond donors (Lipinski definition) is 3. The average molecular weight is 664 g/mol. The number of ether oxygens (including phenoxy) is 1. The van der Waals surface area contributed by atoms with Crippen LogP contribution in [0.2, 0.25) is 0 Å². The van der Waals surface area contributed by atoms with Gasteiger partial charge in [-0.15, -0.1) is 0 Å². The van der Waals surface area contributed by atoms with Crippen molar-refractivity contribution in [2.24, 2.45) is 0 Å². The quantitative estimate of drug-likeness (QED) is 0.181. The molecule has 0 radical (unpaired) electrons. The largest absolute Gasteiger partial charge is 0.497 e. The molecule has 250 valence electrons. The monoisotopic (exact) mass is 663 g/mol. The highest BCUT2D eigenvalue weighted by atomic mass is 19.4. The van der Waals surface area contributed by atoms with E-state index in [1.807, 2.05) is 4.90 Å². The summed E-state index contributed by atoms with van der Waals surface area (Å²) in [5, 5.41) is 8.23. The number of alkyl halides is 3. The smallest absolute Gasteiger partial charge is 0.416 e. The molecule has 0 aromatic heterocycles. The van der Waals surface area contributed by atoms with Crippen molar-refractivity contribution >= 4 is 34.9 Å². The van der Waals surface area contributed by atoms with Gasteiger partial charge in [-0.05, 0) is 78.7 Å². The second-order valence-electron chi connectivity index (χ2n) is 11.1. The van der Waals surface area contributed by atoms with Gasteiger partial charge in [-0.3, -0.25) is 9.59 Å². The van der Waals surface area contributed by atoms with Gasteiger partial charge in [-0.25, -0.2) is 9.18 Å². The molecule has 1 aliphatic heterocycles. The molecule has 13 heteroatoms. The van der Waals surface area contributed by atoms with Crippen LogP contribution in [0.5, 0.6) is 5.75 Å². The second-order valence-corrected chi connectivity index (χ2v) is 11.1. The van der Waals surface area contributed by atoms with E-state index < -0.39 is 35.4 Å². The number of halogens is 4. The Morgan fingerprint density at radius 2 is 1.54 bits per heavy atom. The Morgan fingerprint density at radius 1 is 0.792 bits per heavy atom. The van der Waals surface area contributed by atoms with Crippen LogP contribution in [0.3, 0.4) is 0 Å². The molecule has 0 atom stereocenters. The Bertz CT molecular complexity index is 1780. The number of nitrogens with zero attached hydrogens (tertiary/aromatic N) is 2. The topological polar surface area (TPSA) is 103 Å². The summed E-state index contributed by atoms with van der Waals surface area (Å²) in [7, 11) is 1.50. The first-order chi connectivity index (χ1) is 23.0. The second kappa shape index (κ2) is 14.9. The van der Waals surface area contributed by atoms with Crippen LogP contribution < -0.4 is 25.6 Å². The lowest BCUT2D eigenvalue weighted by Crippen LogP contribution is -2.38. The number of anilines is 3. The normalized spacial score (nSPS) is 13.4. The van der Waals surface area contributed by atoms with Crippen molar-refractivity contribution in [3.63, 3.8) is 0 Å². The van der Waals surface area contributed by atoms with Crippen molar-refractivity contribution in [1.82, 2.24) is 10.2 Å². The molecule has 48 heavy (non-hydrogen) atoms. The molecule has 5 rings (SSSR count). The van der Waals surface area contributed by atoms with E-state index in [9.17, 15) is 31.9 Å². The number of nitrogens with one attached hydrogen (secondary N) is 3. The van der Waals surface area contributed by atoms with Crippen LogP contribution in [0.15, 0.2) is 91.0 Å². The zero-order valence-electron chi connectivity index (χ0n) is 25.9. The summed E-state index contributed by atoms with van der Waals surface area (Å²) in [5.74, 6) is -0.727. The third kappa shape index (κ3) is 8.60. The van der Waals surface area contributed by atoms with Gasteiger partial charge in [0.15, 0.2) is 0 Å². The van der Waals surface area contributed by atoms with Gasteiger partial charge in [-0.2, -0.15) is 13.2 Å². The molecule has 3 N–H and O–H groups in total. The summed E-state index contributed by atoms with van der Waals surface area (Å²) in [4.78, 5) is 43.1. The van der Waals surface area contributed by atoms with Crippen LogP contribution >= 0.6 is 0 Å². The lowest BCUT2D eigenvalue weighted by atomic mass is 10.1. The summed E-state index contributed by atoms with van der Waals surface area (Å²) >= 11 is 0. The van der Waals surface area contributed by atoms with Crippen LogP contribution in [0.25, 0.3) is 0 Å². The highest BCUT2D eigenvalue weighted by molar-refractivity contribution is 6.06. The molecular formula is C35H33F4N5O4. The van der Waals surface area contributed by atoms with Gasteiger partial charge in [0.1, 0.15) is 11.6 Å². The number of urea groups is 1. The fourth-order valence-corrected chi connectivity index (χ4v) is 5.26. The van der Waals surface area contributed by atoms with Crippen molar-refractivity contribution in [3.8, 4) is 5.75 Å². The van der Waals surface area contributed by atoms with E-state index in [2.05, 4.69) is 16.0 Å². The zero-order valence-corrected chi connectivity index (χ0v) is 25.9. The lowest BCUT2D eigenvalue weighted by molar-refractivity contribution is -0.137. The standard InChI is InChI=1S/C35H33F4N5O4/c1-48-29-8-2-5-24(19-29)32(45)41-28-13-14-31(30(21-28)33(46)40-22-23-9-11-26(36)12-10-23)43-15-4-16-44(18-17-43)34(47)42-27-7-3-6-25(20-27)35(37,38)39/h2-3,5-14,19-21H,4,15-18,22H2,1H3,(H,40,46)(H,41,45)(H,42,47). The number of benzene rings is 4. The molecule has 9 nitrogen and oxygen atoms in total. The van der Waals surface area contributed by atoms with Crippen LogP contribution in [0.4, 0.5) is 39.4 Å². The molecule has 4 aromatic rings. The lowest BCUT2D eigenvalue weighted by Gasteiger charge is -2.26. The number of carbonyl (C=O) groups excluding carboxylic acids is 3. The highest BCUT2D eigenvalue weighted by Gasteiger charge is 2.31. The number of methoxy groups -OCH3 is 1. The van der Waals surface area contributed by atoms with Crippen molar-refractivity contribution < 1.29 is 36.7 Å². The number of hydrogen-bond acceptors (Lipinski definition) is 5. The Balaban J connectivity index is 1.33. The van der Waals surface area contributed by atoms with Crippen molar-refractivity contribution in [3.05, 3.63) is 119 Å². The average Bonchev–Trinajstić information content (AvgIpc) is 3.34. The minimum atomic E-state index is -4.54. The molecule has 4 aromatic carbocycles. The van der Waals surface area contributed by atoms with Gasteiger partial charge in [0, 0.05) is 55.3 Å². The predicted molar refractivity (Wildman–Crippen MR) is 174 cm³/mol. The van der Waals surface area contributed by atoms with Crippen LogP contribution in [0.1, 0.15) is 38.3 Å². The third-order valence-electron chi connectivity index (χ3n) is 7.76. The SMILES string of the molecule is COc1cccc(C(=O)Nc2ccc(N3CCCN(C(=O)Nc4cccc(C(F)(F)F)c4)CC3)c(C(=O)NCc3ccc(F)cc3)c2)c1. The van der Waals surface area contributed by atoms with Gasteiger partial charge in [-0.1, -0.05) is 24.3 Å². The van der Waals surface area contributed by atoms with Crippen molar-refractivity contribution in [2.75, 3.05) is 48.8 Å². The molecule has 0 bridgehead atoms. The third-order valence-corrected chi connectivity index (χ3v) is 7.76. The van der Waals surface area contributed by atoms with E-state index in [0.717, 1.165) is 12.1 Å². The molecule has 1 fully saturated rings. The molecule has 0 saturated carbocycles. The van der Waals surface area contributed by atoms with E-state index in [1.165, 1.54) is 36.3 Å². The van der Waals surface area contributed by atoms with E-state index in [1.54, 1.807) is 54.6 Å². The van der Waals surface area contributed by atoms with Crippen molar-refractivity contribution in [2.45, 2.75) is 19.1 Å². The fraction of sp³-hybridized carbons (Fsp3) is 0.229. The summed E-state index contributed by atoms with van der Waals surface area (Å²) < 4.78 is 58.1. The Labute approximate surface area is 274 Å². The van der Waals surface area contributed by atoms with Crippen molar-refractivity contribution in [1.29, 1.82) is 0 Å². The highest BCUT2D eigenvalue weighted by Crippen LogP contribution is 2.31. The fourth-order valence-electron chi connectivity index (χ4n) is 5.26. The van der Waals surface area contributed by atoms with Gasteiger partial charge >= 0.3 is 12.2 Å². The summed E-state index contributed by atoms with van der Waals surface area (Å²) in [5.41, 5.74) is 1.41. The number of rotatable bonds is 8. The first kappa shape index (κ1) is 33.8. The van der Waals surface area contributed by atoms with Gasteiger partial charge in [0.05, 0.1) is 18.2 Å². The minimum absolute atomic E-state index is 0.0302. The molecular weight excluding hydrogens is 630 g/mol. The molecule has 0 spiro atoms. The van der Waals surface area contributed by atoms with E-state index >= 15 is 0 Å². The Kier molecular flexibility index (Phi) is 10.5. The number of carbonyl (C=O) groups is 3. The van der Waals surface area contributed by atoms with Crippen LogP contribution in [-0.4, -0.2) is 56.0 Å². The molecule has 4 amide bonds. The first-order valence-electron chi connectivity index (χ1n) is 15.1. The summed E-state index contributed by atoms with van der Waals surface area (Å²) in [6.07, 6.45) is -4.03. The summed E-state index contributed by atoms with van der Waals surface area (Å²) in [6, 6.07) is 21.2. The van der Waals surface area contributed by atoms with E-state index in [-0.39, 0.29) is 24.3 Å². The maximum atomic E-state index is 13.6. The van der Waals surface area contributed by atoms with E-state index in [0.29, 0.717) is 54.3 Å². The van der Waals surface area contributed by atoms with E-state index in [4.69, 9.17) is 4.74 Å². The Hall–Kier alpha value is -5.59. The minimum Gasteiger partial charge on any atom is -0.497 e. The maximum Gasteiger partial charge on any atom is 0.416 e. The first-order valence-corrected chi connectivity index (χ1v) is 15.1. The molecule has 0 aliphatic carbocycles. The molecule has 1 saturated heterocycles. The predicted octanol–water partition coefficient (Wildman–Crippen LogP) is 6.78. The number of amides is 4. The zero-order chi connectivity index (χ0) is 34.3.